The van der Waals surface area contributed by atoms with Crippen LogP contribution in [0.4, 0.5) is 0 Å². The highest BCUT2D eigenvalue weighted by molar-refractivity contribution is 9.10. The Morgan fingerprint density at radius 1 is 1.47 bits per heavy atom. The summed E-state index contributed by atoms with van der Waals surface area (Å²) in [4.78, 5) is 2.81. The molecule has 0 aromatic carbocycles. The Bertz CT molecular complexity index is 350. The molecule has 0 bridgehead atoms. The number of thiophene rings is 1. The molecule has 1 saturated carbocycles. The third-order valence-corrected chi connectivity index (χ3v) is 7.16. The van der Waals surface area contributed by atoms with Gasteiger partial charge in [0.2, 0.25) is 0 Å². The van der Waals surface area contributed by atoms with Crippen LogP contribution in [0.1, 0.15) is 35.4 Å². The van der Waals surface area contributed by atoms with Gasteiger partial charge in [0.15, 0.2) is 0 Å². The van der Waals surface area contributed by atoms with Crippen LogP contribution in [-0.2, 0) is 6.54 Å². The lowest BCUT2D eigenvalue weighted by atomic mass is 10.1. The van der Waals surface area contributed by atoms with Crippen molar-refractivity contribution in [2.75, 3.05) is 12.8 Å². The molecule has 1 aromatic heterocycles. The minimum absolute atomic E-state index is 0.517. The molecule has 0 radical (unpaired) electrons. The molecule has 1 aliphatic rings. The molecule has 1 aliphatic carbocycles. The van der Waals surface area contributed by atoms with Gasteiger partial charge in [-0.1, -0.05) is 12.8 Å². The second-order valence-electron chi connectivity index (χ2n) is 4.81. The predicted molar refractivity (Wildman–Crippen MR) is 83.2 cm³/mol. The standard InChI is InChI=1S/C13H20BrNS2/c1-10-12(14)7-11(17-10)8-15-9-13(16-2)5-3-4-6-13/h7,15H,3-6,8-9H2,1-2H3. The van der Waals surface area contributed by atoms with Crippen LogP contribution in [0.25, 0.3) is 0 Å². The van der Waals surface area contributed by atoms with Crippen molar-refractivity contribution in [1.29, 1.82) is 0 Å². The molecular weight excluding hydrogens is 314 g/mol. The van der Waals surface area contributed by atoms with Crippen LogP contribution >= 0.6 is 39.0 Å². The summed E-state index contributed by atoms with van der Waals surface area (Å²) in [5.41, 5.74) is 0. The summed E-state index contributed by atoms with van der Waals surface area (Å²) in [6, 6.07) is 2.24. The number of halogens is 1. The van der Waals surface area contributed by atoms with Crippen LogP contribution in [0, 0.1) is 6.92 Å². The molecular formula is C13H20BrNS2. The summed E-state index contributed by atoms with van der Waals surface area (Å²) in [6.45, 7) is 4.33. The molecule has 0 aliphatic heterocycles. The predicted octanol–water partition coefficient (Wildman–Crippen LogP) is 4.58. The van der Waals surface area contributed by atoms with Crippen molar-refractivity contribution >= 4 is 39.0 Å². The van der Waals surface area contributed by atoms with Gasteiger partial charge >= 0.3 is 0 Å². The molecule has 1 heterocycles. The summed E-state index contributed by atoms with van der Waals surface area (Å²) >= 11 is 7.52. The van der Waals surface area contributed by atoms with Gasteiger partial charge in [-0.3, -0.25) is 0 Å². The van der Waals surface area contributed by atoms with Gasteiger partial charge in [0.05, 0.1) is 0 Å². The molecule has 0 amide bonds. The Morgan fingerprint density at radius 2 is 2.18 bits per heavy atom. The van der Waals surface area contributed by atoms with Crippen LogP contribution in [0.2, 0.25) is 0 Å². The van der Waals surface area contributed by atoms with Crippen LogP contribution in [-0.4, -0.2) is 17.5 Å². The first-order chi connectivity index (χ1) is 8.15. The van der Waals surface area contributed by atoms with Gasteiger partial charge in [0, 0.05) is 32.1 Å². The zero-order chi connectivity index (χ0) is 12.3. The molecule has 2 rings (SSSR count). The fraction of sp³-hybridized carbons (Fsp3) is 0.692. The highest BCUT2D eigenvalue weighted by Crippen LogP contribution is 2.39. The molecule has 0 unspecified atom stereocenters. The van der Waals surface area contributed by atoms with E-state index in [2.05, 4.69) is 52.3 Å². The topological polar surface area (TPSA) is 12.0 Å². The number of hydrogen-bond donors (Lipinski definition) is 1. The van der Waals surface area contributed by atoms with E-state index in [9.17, 15) is 0 Å². The molecule has 1 fully saturated rings. The smallest absolute Gasteiger partial charge is 0.0314 e. The normalized spacial score (nSPS) is 18.8. The fourth-order valence-corrected chi connectivity index (χ4v) is 5.01. The Morgan fingerprint density at radius 3 is 2.71 bits per heavy atom. The van der Waals surface area contributed by atoms with Gasteiger partial charge in [-0.05, 0) is 48.0 Å². The van der Waals surface area contributed by atoms with Crippen molar-refractivity contribution in [1.82, 2.24) is 5.32 Å². The van der Waals surface area contributed by atoms with Gasteiger partial charge in [0.25, 0.3) is 0 Å². The second kappa shape index (κ2) is 6.09. The van der Waals surface area contributed by atoms with Crippen molar-refractivity contribution < 1.29 is 0 Å². The van der Waals surface area contributed by atoms with Crippen molar-refractivity contribution in [3.8, 4) is 0 Å². The van der Waals surface area contributed by atoms with Crippen LogP contribution < -0.4 is 5.32 Å². The number of nitrogens with one attached hydrogen (secondary N) is 1. The molecule has 1 aromatic rings. The Balaban J connectivity index is 1.82. The largest absolute Gasteiger partial charge is 0.310 e. The van der Waals surface area contributed by atoms with Gasteiger partial charge < -0.3 is 5.32 Å². The first kappa shape index (κ1) is 13.9. The quantitative estimate of drug-likeness (QED) is 0.846. The van der Waals surface area contributed by atoms with E-state index in [1.807, 2.05) is 11.3 Å². The first-order valence-electron chi connectivity index (χ1n) is 6.16. The van der Waals surface area contributed by atoms with E-state index in [0.29, 0.717) is 4.75 Å². The number of thioether (sulfide) groups is 1. The number of rotatable bonds is 5. The van der Waals surface area contributed by atoms with Crippen molar-refractivity contribution in [2.24, 2.45) is 0 Å². The van der Waals surface area contributed by atoms with Gasteiger partial charge in [-0.15, -0.1) is 11.3 Å². The van der Waals surface area contributed by atoms with Crippen molar-refractivity contribution in [2.45, 2.75) is 43.9 Å². The summed E-state index contributed by atoms with van der Waals surface area (Å²) in [7, 11) is 0. The molecule has 17 heavy (non-hydrogen) atoms. The highest BCUT2D eigenvalue weighted by atomic mass is 79.9. The fourth-order valence-electron chi connectivity index (χ4n) is 2.49. The molecule has 0 atom stereocenters. The highest BCUT2D eigenvalue weighted by Gasteiger charge is 2.32. The molecule has 1 nitrogen and oxygen atoms in total. The van der Waals surface area contributed by atoms with Gasteiger partial charge in [-0.25, -0.2) is 0 Å². The average Bonchev–Trinajstić information content (AvgIpc) is 2.89. The molecule has 0 saturated heterocycles. The van der Waals surface area contributed by atoms with E-state index in [4.69, 9.17) is 0 Å². The Kier molecular flexibility index (Phi) is 4.98. The van der Waals surface area contributed by atoms with Crippen molar-refractivity contribution in [3.63, 3.8) is 0 Å². The minimum Gasteiger partial charge on any atom is -0.310 e. The maximum absolute atomic E-state index is 3.64. The average molecular weight is 334 g/mol. The third kappa shape index (κ3) is 3.49. The van der Waals surface area contributed by atoms with E-state index in [-0.39, 0.29) is 0 Å². The van der Waals surface area contributed by atoms with E-state index >= 15 is 0 Å². The molecule has 96 valence electrons. The van der Waals surface area contributed by atoms with Gasteiger partial charge in [0.1, 0.15) is 0 Å². The first-order valence-corrected chi connectivity index (χ1v) is 8.99. The Hall–Kier alpha value is 0.490. The minimum atomic E-state index is 0.517. The van der Waals surface area contributed by atoms with E-state index in [0.717, 1.165) is 13.1 Å². The summed E-state index contributed by atoms with van der Waals surface area (Å²) in [6.07, 6.45) is 7.85. The Labute approximate surface area is 121 Å². The van der Waals surface area contributed by atoms with Gasteiger partial charge in [-0.2, -0.15) is 11.8 Å². The molecule has 1 N–H and O–H groups in total. The van der Waals surface area contributed by atoms with Crippen molar-refractivity contribution in [3.05, 3.63) is 20.3 Å². The van der Waals surface area contributed by atoms with E-state index in [1.165, 1.54) is 39.9 Å². The maximum Gasteiger partial charge on any atom is 0.0314 e. The monoisotopic (exact) mass is 333 g/mol. The second-order valence-corrected chi connectivity index (χ2v) is 8.28. The number of aryl methyl sites for hydroxylation is 1. The van der Waals surface area contributed by atoms with Crippen LogP contribution in [0.3, 0.4) is 0 Å². The molecule has 0 spiro atoms. The third-order valence-electron chi connectivity index (χ3n) is 3.60. The van der Waals surface area contributed by atoms with E-state index < -0.39 is 0 Å². The zero-order valence-electron chi connectivity index (χ0n) is 10.5. The summed E-state index contributed by atoms with van der Waals surface area (Å²) in [5.74, 6) is 0. The summed E-state index contributed by atoms with van der Waals surface area (Å²) < 4.78 is 1.77. The SMILES string of the molecule is CSC1(CNCc2cc(Br)c(C)s2)CCCC1. The van der Waals surface area contributed by atoms with E-state index in [1.54, 1.807) is 0 Å². The van der Waals surface area contributed by atoms with Crippen LogP contribution in [0.15, 0.2) is 10.5 Å². The lowest BCUT2D eigenvalue weighted by molar-refractivity contribution is 0.535. The maximum atomic E-state index is 3.64. The molecule has 4 heteroatoms. The number of hydrogen-bond acceptors (Lipinski definition) is 3. The lowest BCUT2D eigenvalue weighted by Gasteiger charge is -2.26. The summed E-state index contributed by atoms with van der Waals surface area (Å²) in [5, 5.41) is 3.64. The zero-order valence-corrected chi connectivity index (χ0v) is 13.7. The van der Waals surface area contributed by atoms with Crippen LogP contribution in [0.5, 0.6) is 0 Å². The lowest BCUT2D eigenvalue weighted by Crippen LogP contribution is -2.34.